The third-order valence-corrected chi connectivity index (χ3v) is 2.91. The van der Waals surface area contributed by atoms with Crippen molar-refractivity contribution >= 4 is 23.4 Å². The number of esters is 1. The second kappa shape index (κ2) is 7.14. The lowest BCUT2D eigenvalue weighted by molar-refractivity contribution is -0.143. The van der Waals surface area contributed by atoms with Crippen LogP contribution in [-0.2, 0) is 16.1 Å². The Balaban J connectivity index is 1.77. The summed E-state index contributed by atoms with van der Waals surface area (Å²) in [6.45, 7) is 0.259. The number of carbonyl (C=O) groups is 1. The van der Waals surface area contributed by atoms with E-state index in [1.165, 1.54) is 0 Å². The van der Waals surface area contributed by atoms with E-state index in [9.17, 15) is 4.79 Å². The van der Waals surface area contributed by atoms with E-state index >= 15 is 0 Å². The molecule has 0 fully saturated rings. The number of carbonyl (C=O) groups excluding carboxylic acids is 1. The fourth-order valence-corrected chi connectivity index (χ4v) is 1.73. The van der Waals surface area contributed by atoms with Crippen molar-refractivity contribution < 1.29 is 9.53 Å². The Morgan fingerprint density at radius 3 is 2.14 bits per heavy atom. The summed E-state index contributed by atoms with van der Waals surface area (Å²) in [5.41, 5.74) is 14.5. The van der Waals surface area contributed by atoms with Crippen LogP contribution < -0.4 is 11.5 Å². The zero-order chi connectivity index (χ0) is 15.1. The summed E-state index contributed by atoms with van der Waals surface area (Å²) in [5, 5.41) is 0. The van der Waals surface area contributed by atoms with Crippen LogP contribution in [0, 0.1) is 0 Å². The van der Waals surface area contributed by atoms with Crippen molar-refractivity contribution in [3.63, 3.8) is 0 Å². The van der Waals surface area contributed by atoms with Crippen LogP contribution in [0.25, 0.3) is 6.08 Å². The fourth-order valence-electron chi connectivity index (χ4n) is 1.73. The molecule has 0 amide bonds. The number of rotatable bonds is 5. The highest BCUT2D eigenvalue weighted by atomic mass is 16.5. The quantitative estimate of drug-likeness (QED) is 0.652. The third kappa shape index (κ3) is 5.03. The van der Waals surface area contributed by atoms with E-state index in [1.54, 1.807) is 18.2 Å². The standard InChI is InChI=1S/C17H18N2O2/c18-15-8-4-13(5-9-15)2-1-3-17(20)21-12-14-6-10-16(19)11-7-14/h1-2,4-11H,3,12,18-19H2. The Labute approximate surface area is 124 Å². The third-order valence-electron chi connectivity index (χ3n) is 2.91. The lowest BCUT2D eigenvalue weighted by Gasteiger charge is -2.03. The molecule has 4 heteroatoms. The topological polar surface area (TPSA) is 78.3 Å². The minimum Gasteiger partial charge on any atom is -0.461 e. The predicted octanol–water partition coefficient (Wildman–Crippen LogP) is 3.00. The van der Waals surface area contributed by atoms with E-state index in [-0.39, 0.29) is 19.0 Å². The highest BCUT2D eigenvalue weighted by Gasteiger charge is 2.00. The molecule has 0 aromatic heterocycles. The molecule has 0 radical (unpaired) electrons. The summed E-state index contributed by atoms with van der Waals surface area (Å²) in [6, 6.07) is 14.7. The summed E-state index contributed by atoms with van der Waals surface area (Å²) in [6.07, 6.45) is 3.88. The Morgan fingerprint density at radius 2 is 1.52 bits per heavy atom. The molecule has 0 heterocycles. The van der Waals surface area contributed by atoms with Crippen LogP contribution in [0.15, 0.2) is 54.6 Å². The highest BCUT2D eigenvalue weighted by molar-refractivity contribution is 5.72. The minimum atomic E-state index is -0.265. The zero-order valence-electron chi connectivity index (χ0n) is 11.7. The van der Waals surface area contributed by atoms with E-state index in [0.717, 1.165) is 16.8 Å². The van der Waals surface area contributed by atoms with E-state index in [0.29, 0.717) is 5.69 Å². The minimum absolute atomic E-state index is 0.235. The van der Waals surface area contributed by atoms with E-state index < -0.39 is 0 Å². The monoisotopic (exact) mass is 282 g/mol. The molecule has 21 heavy (non-hydrogen) atoms. The van der Waals surface area contributed by atoms with Gasteiger partial charge in [-0.15, -0.1) is 0 Å². The first kappa shape index (κ1) is 14.7. The van der Waals surface area contributed by atoms with Gasteiger partial charge in [-0.1, -0.05) is 36.4 Å². The van der Waals surface area contributed by atoms with Crippen LogP contribution in [-0.4, -0.2) is 5.97 Å². The predicted molar refractivity (Wildman–Crippen MR) is 85.2 cm³/mol. The second-order valence-corrected chi connectivity index (χ2v) is 4.68. The number of benzene rings is 2. The lowest BCUT2D eigenvalue weighted by atomic mass is 10.2. The van der Waals surface area contributed by atoms with Crippen LogP contribution in [0.1, 0.15) is 17.5 Å². The first-order valence-corrected chi connectivity index (χ1v) is 6.65. The Bertz CT molecular complexity index is 616. The van der Waals surface area contributed by atoms with Crippen LogP contribution in [0.2, 0.25) is 0 Å². The average molecular weight is 282 g/mol. The summed E-state index contributed by atoms with van der Waals surface area (Å²) >= 11 is 0. The van der Waals surface area contributed by atoms with Crippen LogP contribution in [0.3, 0.4) is 0 Å². The summed E-state index contributed by atoms with van der Waals surface area (Å²) < 4.78 is 5.17. The van der Waals surface area contributed by atoms with Crippen molar-refractivity contribution in [1.82, 2.24) is 0 Å². The summed E-state index contributed by atoms with van der Waals surface area (Å²) in [7, 11) is 0. The van der Waals surface area contributed by atoms with Crippen LogP contribution in [0.4, 0.5) is 11.4 Å². The molecule has 0 atom stereocenters. The van der Waals surface area contributed by atoms with Gasteiger partial charge in [-0.2, -0.15) is 0 Å². The van der Waals surface area contributed by atoms with Crippen molar-refractivity contribution in [2.24, 2.45) is 0 Å². The van der Waals surface area contributed by atoms with Gasteiger partial charge in [0.1, 0.15) is 6.61 Å². The molecular formula is C17H18N2O2. The van der Waals surface area contributed by atoms with Crippen LogP contribution >= 0.6 is 0 Å². The van der Waals surface area contributed by atoms with Gasteiger partial charge in [0.2, 0.25) is 0 Å². The molecule has 0 aliphatic carbocycles. The maximum atomic E-state index is 11.6. The molecule has 0 spiro atoms. The maximum absolute atomic E-state index is 11.6. The molecule has 0 saturated heterocycles. The molecule has 4 nitrogen and oxygen atoms in total. The average Bonchev–Trinajstić information content (AvgIpc) is 2.49. The number of nitrogens with two attached hydrogens (primary N) is 2. The van der Waals surface area contributed by atoms with Crippen molar-refractivity contribution in [2.45, 2.75) is 13.0 Å². The number of ether oxygens (including phenoxy) is 1. The number of anilines is 2. The molecule has 4 N–H and O–H groups in total. The Kier molecular flexibility index (Phi) is 4.99. The normalized spacial score (nSPS) is 10.7. The molecule has 2 rings (SSSR count). The highest BCUT2D eigenvalue weighted by Crippen LogP contribution is 2.09. The van der Waals surface area contributed by atoms with Crippen molar-refractivity contribution in [3.8, 4) is 0 Å². The molecule has 0 saturated carbocycles. The van der Waals surface area contributed by atoms with E-state index in [2.05, 4.69) is 0 Å². The fraction of sp³-hybridized carbons (Fsp3) is 0.118. The number of nitrogen functional groups attached to an aromatic ring is 2. The van der Waals surface area contributed by atoms with Gasteiger partial charge in [-0.05, 0) is 35.4 Å². The van der Waals surface area contributed by atoms with Gasteiger partial charge in [0.15, 0.2) is 0 Å². The van der Waals surface area contributed by atoms with Gasteiger partial charge in [-0.3, -0.25) is 4.79 Å². The van der Waals surface area contributed by atoms with Gasteiger partial charge >= 0.3 is 5.97 Å². The molecule has 2 aromatic rings. The van der Waals surface area contributed by atoms with Crippen molar-refractivity contribution in [3.05, 3.63) is 65.7 Å². The SMILES string of the molecule is Nc1ccc(C=CCC(=O)OCc2ccc(N)cc2)cc1. The van der Waals surface area contributed by atoms with Gasteiger partial charge in [0.05, 0.1) is 6.42 Å². The summed E-state index contributed by atoms with van der Waals surface area (Å²) in [4.78, 5) is 11.6. The molecule has 0 aliphatic rings. The largest absolute Gasteiger partial charge is 0.461 e. The molecule has 0 bridgehead atoms. The number of hydrogen-bond acceptors (Lipinski definition) is 4. The van der Waals surface area contributed by atoms with Crippen molar-refractivity contribution in [1.29, 1.82) is 0 Å². The molecular weight excluding hydrogens is 264 g/mol. The zero-order valence-corrected chi connectivity index (χ0v) is 11.7. The van der Waals surface area contributed by atoms with Gasteiger partial charge in [0, 0.05) is 11.4 Å². The van der Waals surface area contributed by atoms with Gasteiger partial charge in [-0.25, -0.2) is 0 Å². The number of hydrogen-bond donors (Lipinski definition) is 2. The molecule has 2 aromatic carbocycles. The van der Waals surface area contributed by atoms with E-state index in [1.807, 2.05) is 42.5 Å². The Morgan fingerprint density at radius 1 is 0.952 bits per heavy atom. The molecule has 0 unspecified atom stereocenters. The molecule has 0 aliphatic heterocycles. The first-order chi connectivity index (χ1) is 10.1. The van der Waals surface area contributed by atoms with Crippen molar-refractivity contribution in [2.75, 3.05) is 11.5 Å². The van der Waals surface area contributed by atoms with Crippen LogP contribution in [0.5, 0.6) is 0 Å². The smallest absolute Gasteiger partial charge is 0.309 e. The van der Waals surface area contributed by atoms with Gasteiger partial charge in [0.25, 0.3) is 0 Å². The lowest BCUT2D eigenvalue weighted by Crippen LogP contribution is -2.03. The maximum Gasteiger partial charge on any atom is 0.309 e. The summed E-state index contributed by atoms with van der Waals surface area (Å²) in [5.74, 6) is -0.265. The Hall–Kier alpha value is -2.75. The molecule has 108 valence electrons. The second-order valence-electron chi connectivity index (χ2n) is 4.68. The van der Waals surface area contributed by atoms with Gasteiger partial charge < -0.3 is 16.2 Å². The van der Waals surface area contributed by atoms with E-state index in [4.69, 9.17) is 16.2 Å². The first-order valence-electron chi connectivity index (χ1n) is 6.65.